The quantitative estimate of drug-likeness (QED) is 0.640. The van der Waals surface area contributed by atoms with Gasteiger partial charge in [-0.25, -0.2) is 0 Å². The maximum Gasteiger partial charge on any atom is -0.00260 e. The zero-order valence-electron chi connectivity index (χ0n) is 10.1. The summed E-state index contributed by atoms with van der Waals surface area (Å²) in [5.41, 5.74) is 0.534. The molecule has 0 aliphatic carbocycles. The van der Waals surface area contributed by atoms with Gasteiger partial charge in [-0.1, -0.05) is 40.5 Å². The summed E-state index contributed by atoms with van der Waals surface area (Å²) in [6.45, 7) is 10.6. The van der Waals surface area contributed by atoms with Gasteiger partial charge in [0.15, 0.2) is 0 Å². The molecule has 0 spiro atoms. The molecule has 0 fully saturated rings. The van der Waals surface area contributed by atoms with Crippen LogP contribution in [0.25, 0.3) is 0 Å². The van der Waals surface area contributed by atoms with Crippen LogP contribution >= 0.6 is 0 Å². The van der Waals surface area contributed by atoms with E-state index >= 15 is 0 Å². The van der Waals surface area contributed by atoms with Crippen molar-refractivity contribution >= 4 is 0 Å². The maximum atomic E-state index is 3.25. The van der Waals surface area contributed by atoms with Crippen LogP contribution in [0.5, 0.6) is 0 Å². The van der Waals surface area contributed by atoms with Gasteiger partial charge in [0, 0.05) is 0 Å². The largest absolute Gasteiger partial charge is 0.319 e. The fraction of sp³-hybridized carbons (Fsp3) is 1.00. The molecule has 0 rings (SSSR count). The highest BCUT2D eigenvalue weighted by molar-refractivity contribution is 4.72. The van der Waals surface area contributed by atoms with E-state index in [0.717, 1.165) is 12.5 Å². The van der Waals surface area contributed by atoms with Crippen LogP contribution in [0.3, 0.4) is 0 Å². The fourth-order valence-electron chi connectivity index (χ4n) is 2.12. The third kappa shape index (κ3) is 7.06. The van der Waals surface area contributed by atoms with Crippen molar-refractivity contribution < 1.29 is 0 Å². The molecular weight excluding hydrogens is 158 g/mol. The van der Waals surface area contributed by atoms with Crippen molar-refractivity contribution in [2.24, 2.45) is 11.3 Å². The first kappa shape index (κ1) is 13.0. The summed E-state index contributed by atoms with van der Waals surface area (Å²) in [4.78, 5) is 0. The van der Waals surface area contributed by atoms with Crippen LogP contribution in [0.2, 0.25) is 0 Å². The Hall–Kier alpha value is -0.0400. The monoisotopic (exact) mass is 185 g/mol. The van der Waals surface area contributed by atoms with Gasteiger partial charge in [-0.2, -0.15) is 0 Å². The summed E-state index contributed by atoms with van der Waals surface area (Å²) in [5, 5.41) is 3.25. The third-order valence-electron chi connectivity index (χ3n) is 2.66. The van der Waals surface area contributed by atoms with E-state index in [-0.39, 0.29) is 0 Å². The van der Waals surface area contributed by atoms with E-state index in [1.54, 1.807) is 0 Å². The summed E-state index contributed by atoms with van der Waals surface area (Å²) in [6, 6.07) is 0. The minimum atomic E-state index is 0.534. The standard InChI is InChI=1S/C12H27N/c1-6-7-8-12(3,4)9-11(2)10-13-5/h11,13H,6-10H2,1-5H3. The molecule has 0 heterocycles. The molecule has 0 saturated heterocycles. The van der Waals surface area contributed by atoms with Crippen LogP contribution in [-0.2, 0) is 0 Å². The number of hydrogen-bond acceptors (Lipinski definition) is 1. The molecular formula is C12H27N. The van der Waals surface area contributed by atoms with Gasteiger partial charge in [0.05, 0.1) is 0 Å². The van der Waals surface area contributed by atoms with E-state index in [1.165, 1.54) is 25.7 Å². The van der Waals surface area contributed by atoms with Crippen molar-refractivity contribution in [3.05, 3.63) is 0 Å². The highest BCUT2D eigenvalue weighted by atomic mass is 14.8. The summed E-state index contributed by atoms with van der Waals surface area (Å²) in [7, 11) is 2.04. The molecule has 0 bridgehead atoms. The second-order valence-corrected chi connectivity index (χ2v) is 5.13. The molecule has 1 nitrogen and oxygen atoms in total. The molecule has 1 heteroatoms. The smallest absolute Gasteiger partial charge is 0.00260 e. The molecule has 13 heavy (non-hydrogen) atoms. The molecule has 0 saturated carbocycles. The fourth-order valence-corrected chi connectivity index (χ4v) is 2.12. The SMILES string of the molecule is CCCCC(C)(C)CC(C)CNC. The Labute approximate surface area is 84.3 Å². The Bertz CT molecular complexity index is 118. The molecule has 0 aromatic heterocycles. The van der Waals surface area contributed by atoms with Crippen molar-refractivity contribution in [2.75, 3.05) is 13.6 Å². The van der Waals surface area contributed by atoms with Crippen LogP contribution in [0.15, 0.2) is 0 Å². The minimum absolute atomic E-state index is 0.534. The first-order chi connectivity index (χ1) is 6.02. The van der Waals surface area contributed by atoms with Crippen molar-refractivity contribution in [1.82, 2.24) is 5.32 Å². The molecule has 1 atom stereocenters. The summed E-state index contributed by atoms with van der Waals surface area (Å²) in [5.74, 6) is 0.803. The molecule has 80 valence electrons. The van der Waals surface area contributed by atoms with E-state index in [9.17, 15) is 0 Å². The van der Waals surface area contributed by atoms with Crippen LogP contribution < -0.4 is 5.32 Å². The lowest BCUT2D eigenvalue weighted by Gasteiger charge is -2.28. The Morgan fingerprint density at radius 3 is 2.38 bits per heavy atom. The number of nitrogens with one attached hydrogen (secondary N) is 1. The van der Waals surface area contributed by atoms with Gasteiger partial charge in [-0.05, 0) is 37.8 Å². The van der Waals surface area contributed by atoms with Crippen molar-refractivity contribution in [3.63, 3.8) is 0 Å². The Morgan fingerprint density at radius 2 is 1.92 bits per heavy atom. The number of hydrogen-bond donors (Lipinski definition) is 1. The van der Waals surface area contributed by atoms with Crippen LogP contribution in [0.1, 0.15) is 53.4 Å². The number of rotatable bonds is 7. The van der Waals surface area contributed by atoms with E-state index in [0.29, 0.717) is 5.41 Å². The molecule has 0 aliphatic rings. The predicted octanol–water partition coefficient (Wildman–Crippen LogP) is 3.45. The van der Waals surface area contributed by atoms with Gasteiger partial charge >= 0.3 is 0 Å². The highest BCUT2D eigenvalue weighted by Crippen LogP contribution is 2.30. The summed E-state index contributed by atoms with van der Waals surface area (Å²) in [6.07, 6.45) is 5.41. The molecule has 0 aromatic rings. The van der Waals surface area contributed by atoms with E-state index < -0.39 is 0 Å². The van der Waals surface area contributed by atoms with Crippen LogP contribution in [0, 0.1) is 11.3 Å². The first-order valence-corrected chi connectivity index (χ1v) is 5.66. The van der Waals surface area contributed by atoms with Crippen molar-refractivity contribution in [3.8, 4) is 0 Å². The van der Waals surface area contributed by atoms with E-state index in [4.69, 9.17) is 0 Å². The second-order valence-electron chi connectivity index (χ2n) is 5.13. The number of unbranched alkanes of at least 4 members (excludes halogenated alkanes) is 1. The minimum Gasteiger partial charge on any atom is -0.319 e. The average Bonchev–Trinajstić information content (AvgIpc) is 2.00. The lowest BCUT2D eigenvalue weighted by atomic mass is 9.79. The predicted molar refractivity (Wildman–Crippen MR) is 61.0 cm³/mol. The van der Waals surface area contributed by atoms with Crippen LogP contribution in [-0.4, -0.2) is 13.6 Å². The zero-order chi connectivity index (χ0) is 10.3. The molecule has 0 aliphatic heterocycles. The van der Waals surface area contributed by atoms with Gasteiger partial charge in [-0.3, -0.25) is 0 Å². The zero-order valence-corrected chi connectivity index (χ0v) is 10.1. The summed E-state index contributed by atoms with van der Waals surface area (Å²) >= 11 is 0. The van der Waals surface area contributed by atoms with Crippen molar-refractivity contribution in [2.45, 2.75) is 53.4 Å². The molecule has 0 aromatic carbocycles. The van der Waals surface area contributed by atoms with Gasteiger partial charge in [0.1, 0.15) is 0 Å². The molecule has 1 N–H and O–H groups in total. The van der Waals surface area contributed by atoms with Gasteiger partial charge in [0.25, 0.3) is 0 Å². The van der Waals surface area contributed by atoms with Gasteiger partial charge in [-0.15, -0.1) is 0 Å². The third-order valence-corrected chi connectivity index (χ3v) is 2.66. The first-order valence-electron chi connectivity index (χ1n) is 5.66. The van der Waals surface area contributed by atoms with Gasteiger partial charge < -0.3 is 5.32 Å². The molecule has 1 unspecified atom stereocenters. The molecule has 0 amide bonds. The van der Waals surface area contributed by atoms with E-state index in [2.05, 4.69) is 33.0 Å². The van der Waals surface area contributed by atoms with E-state index in [1.807, 2.05) is 7.05 Å². The maximum absolute atomic E-state index is 3.25. The Balaban J connectivity index is 3.71. The Kier molecular flexibility index (Phi) is 6.40. The normalized spacial score (nSPS) is 14.5. The summed E-state index contributed by atoms with van der Waals surface area (Å²) < 4.78 is 0. The van der Waals surface area contributed by atoms with Crippen molar-refractivity contribution in [1.29, 1.82) is 0 Å². The highest BCUT2D eigenvalue weighted by Gasteiger charge is 2.19. The molecule has 0 radical (unpaired) electrons. The van der Waals surface area contributed by atoms with Gasteiger partial charge in [0.2, 0.25) is 0 Å². The Morgan fingerprint density at radius 1 is 1.31 bits per heavy atom. The topological polar surface area (TPSA) is 12.0 Å². The average molecular weight is 185 g/mol. The lowest BCUT2D eigenvalue weighted by molar-refractivity contribution is 0.248. The van der Waals surface area contributed by atoms with Crippen LogP contribution in [0.4, 0.5) is 0 Å². The second kappa shape index (κ2) is 6.42. The lowest BCUT2D eigenvalue weighted by Crippen LogP contribution is -2.23.